The lowest BCUT2D eigenvalue weighted by Crippen LogP contribution is -2.56. The van der Waals surface area contributed by atoms with Crippen LogP contribution in [0.25, 0.3) is 0 Å². The van der Waals surface area contributed by atoms with Crippen LogP contribution in [0.15, 0.2) is 0 Å². The minimum atomic E-state index is 0.583. The third-order valence-corrected chi connectivity index (χ3v) is 8.39. The van der Waals surface area contributed by atoms with Crippen molar-refractivity contribution in [2.75, 3.05) is 14.2 Å². The molecule has 3 rings (SSSR count). The van der Waals surface area contributed by atoms with E-state index in [-0.39, 0.29) is 0 Å². The molecule has 3 fully saturated rings. The Morgan fingerprint density at radius 2 is 1.30 bits per heavy atom. The Balaban J connectivity index is 0.000000736. The summed E-state index contributed by atoms with van der Waals surface area (Å²) in [5.74, 6) is 2.96. The summed E-state index contributed by atoms with van der Waals surface area (Å²) in [7, 11) is 3.25. The maximum atomic E-state index is 4.25. The van der Waals surface area contributed by atoms with Crippen LogP contribution in [-0.2, 0) is 4.74 Å². The van der Waals surface area contributed by atoms with Crippen LogP contribution in [0, 0.1) is 34.0 Å². The second kappa shape index (κ2) is 11.8. The van der Waals surface area contributed by atoms with Gasteiger partial charge in [0.1, 0.15) is 0 Å². The first-order valence-electron chi connectivity index (χ1n) is 12.0. The Bertz CT molecular complexity index is 386. The molecule has 0 heterocycles. The number of methoxy groups -OCH3 is 1. The van der Waals surface area contributed by atoms with Crippen LogP contribution >= 0.6 is 0 Å². The number of hydrogen-bond acceptors (Lipinski definition) is 1. The zero-order valence-electron chi connectivity index (χ0n) is 21.0. The fraction of sp³-hybridized carbons (Fsp3) is 1.00. The molecule has 3 saturated carbocycles. The number of rotatable bonds is 0. The predicted molar refractivity (Wildman–Crippen MR) is 123 cm³/mol. The van der Waals surface area contributed by atoms with Crippen molar-refractivity contribution in [2.24, 2.45) is 34.0 Å². The van der Waals surface area contributed by atoms with E-state index >= 15 is 0 Å². The van der Waals surface area contributed by atoms with Gasteiger partial charge in [0.25, 0.3) is 0 Å². The molecular weight excluding hydrogens is 328 g/mol. The highest BCUT2D eigenvalue weighted by Crippen LogP contribution is 2.67. The van der Waals surface area contributed by atoms with Gasteiger partial charge < -0.3 is 4.74 Å². The van der Waals surface area contributed by atoms with E-state index in [1.165, 1.54) is 57.8 Å². The van der Waals surface area contributed by atoms with Crippen molar-refractivity contribution in [1.82, 2.24) is 0 Å². The molecule has 3 aliphatic carbocycles. The van der Waals surface area contributed by atoms with Gasteiger partial charge in [-0.15, -0.1) is 0 Å². The fourth-order valence-electron chi connectivity index (χ4n) is 6.26. The normalized spacial score (nSPS) is 39.0. The summed E-state index contributed by atoms with van der Waals surface area (Å²) in [6, 6.07) is 0. The molecule has 1 heteroatoms. The van der Waals surface area contributed by atoms with Crippen LogP contribution in [0.3, 0.4) is 0 Å². The monoisotopic (exact) mass is 382 g/mol. The molecule has 0 N–H and O–H groups in total. The standard InChI is InChI=1S/C19H34.C3H8.C2H6O.C2H6/c1-14-15-8-13-18(4)10-6-7-11-19(18,5)16(15)9-12-17(14,2)3;2*1-3-2;1-2/h14-16H,6-13H2,1-5H3;3H2,1-2H3;1-2H3;1-2H3. The maximum absolute atomic E-state index is 4.25. The summed E-state index contributed by atoms with van der Waals surface area (Å²) >= 11 is 0. The van der Waals surface area contributed by atoms with E-state index in [9.17, 15) is 0 Å². The average Bonchev–Trinajstić information content (AvgIpc) is 2.62. The molecule has 0 aromatic carbocycles. The molecule has 0 spiro atoms. The van der Waals surface area contributed by atoms with Gasteiger partial charge in [-0.3, -0.25) is 0 Å². The lowest BCUT2D eigenvalue weighted by atomic mass is 9.41. The van der Waals surface area contributed by atoms with Gasteiger partial charge in [-0.2, -0.15) is 0 Å². The Morgan fingerprint density at radius 3 is 1.81 bits per heavy atom. The zero-order valence-corrected chi connectivity index (χ0v) is 21.0. The van der Waals surface area contributed by atoms with Gasteiger partial charge in [0.2, 0.25) is 0 Å². The summed E-state index contributed by atoms with van der Waals surface area (Å²) in [6.45, 7) is 21.2. The van der Waals surface area contributed by atoms with Crippen LogP contribution in [-0.4, -0.2) is 14.2 Å². The minimum Gasteiger partial charge on any atom is -0.388 e. The second-order valence-electron chi connectivity index (χ2n) is 10.4. The molecule has 0 aromatic rings. The molecule has 1 nitrogen and oxygen atoms in total. The molecule has 27 heavy (non-hydrogen) atoms. The maximum Gasteiger partial charge on any atom is 0.0351 e. The summed E-state index contributed by atoms with van der Waals surface area (Å²) < 4.78 is 4.25. The minimum absolute atomic E-state index is 0.583. The van der Waals surface area contributed by atoms with Gasteiger partial charge in [0, 0.05) is 14.2 Å². The number of ether oxygens (including phenoxy) is 1. The third-order valence-electron chi connectivity index (χ3n) is 8.39. The first-order valence-corrected chi connectivity index (χ1v) is 12.0. The summed E-state index contributed by atoms with van der Waals surface area (Å²) in [6.07, 6.45) is 13.2. The number of hydrogen-bond donors (Lipinski definition) is 0. The topological polar surface area (TPSA) is 9.23 Å². The molecule has 0 radical (unpaired) electrons. The SMILES string of the molecule is CC.CC1C2CCC3(C)CCCCC3(C)C2CCC1(C)C.CCC.COC. The largest absolute Gasteiger partial charge is 0.388 e. The Labute approximate surface area is 173 Å². The third kappa shape index (κ3) is 5.97. The molecule has 5 unspecified atom stereocenters. The van der Waals surface area contributed by atoms with E-state index in [2.05, 4.69) is 53.2 Å². The summed E-state index contributed by atoms with van der Waals surface area (Å²) in [5, 5.41) is 0. The van der Waals surface area contributed by atoms with E-state index in [0.29, 0.717) is 16.2 Å². The Morgan fingerprint density at radius 1 is 0.815 bits per heavy atom. The molecule has 0 aromatic heterocycles. The lowest BCUT2D eigenvalue weighted by Gasteiger charge is -2.64. The summed E-state index contributed by atoms with van der Waals surface area (Å²) in [4.78, 5) is 0. The molecule has 164 valence electrons. The van der Waals surface area contributed by atoms with Crippen molar-refractivity contribution in [3.8, 4) is 0 Å². The fourth-order valence-corrected chi connectivity index (χ4v) is 6.26. The van der Waals surface area contributed by atoms with Crippen LogP contribution in [0.1, 0.15) is 120 Å². The second-order valence-corrected chi connectivity index (χ2v) is 10.4. The molecule has 5 atom stereocenters. The molecule has 0 aliphatic heterocycles. The first-order chi connectivity index (χ1) is 12.6. The first kappa shape index (κ1) is 27.0. The van der Waals surface area contributed by atoms with Crippen molar-refractivity contribution in [2.45, 2.75) is 120 Å². The zero-order chi connectivity index (χ0) is 21.3. The van der Waals surface area contributed by atoms with Gasteiger partial charge in [0.05, 0.1) is 0 Å². The van der Waals surface area contributed by atoms with Crippen molar-refractivity contribution < 1.29 is 4.74 Å². The highest BCUT2D eigenvalue weighted by Gasteiger charge is 2.58. The number of fused-ring (bicyclic) bond motifs is 3. The Kier molecular flexibility index (Phi) is 11.8. The van der Waals surface area contributed by atoms with E-state index in [0.717, 1.165) is 17.8 Å². The molecular formula is C26H54O. The van der Waals surface area contributed by atoms with Crippen molar-refractivity contribution in [1.29, 1.82) is 0 Å². The average molecular weight is 383 g/mol. The molecule has 0 saturated heterocycles. The van der Waals surface area contributed by atoms with Gasteiger partial charge in [0.15, 0.2) is 0 Å². The smallest absolute Gasteiger partial charge is 0.0351 e. The van der Waals surface area contributed by atoms with E-state index in [1.807, 2.05) is 13.8 Å². The van der Waals surface area contributed by atoms with Crippen LogP contribution in [0.5, 0.6) is 0 Å². The quantitative estimate of drug-likeness (QED) is 0.407. The lowest BCUT2D eigenvalue weighted by molar-refractivity contribution is -0.147. The van der Waals surface area contributed by atoms with Gasteiger partial charge in [-0.05, 0) is 72.5 Å². The molecule has 0 amide bonds. The summed E-state index contributed by atoms with van der Waals surface area (Å²) in [5.41, 5.74) is 1.90. The Hall–Kier alpha value is -0.0400. The van der Waals surface area contributed by atoms with Crippen molar-refractivity contribution in [3.63, 3.8) is 0 Å². The van der Waals surface area contributed by atoms with Crippen LogP contribution < -0.4 is 0 Å². The van der Waals surface area contributed by atoms with Gasteiger partial charge >= 0.3 is 0 Å². The van der Waals surface area contributed by atoms with E-state index in [4.69, 9.17) is 0 Å². The van der Waals surface area contributed by atoms with Crippen molar-refractivity contribution >= 4 is 0 Å². The van der Waals surface area contributed by atoms with Crippen LogP contribution in [0.4, 0.5) is 0 Å². The predicted octanol–water partition coefficient (Wildman–Crippen LogP) is 8.76. The highest BCUT2D eigenvalue weighted by atomic mass is 16.4. The van der Waals surface area contributed by atoms with E-state index < -0.39 is 0 Å². The van der Waals surface area contributed by atoms with Gasteiger partial charge in [-0.25, -0.2) is 0 Å². The highest BCUT2D eigenvalue weighted by molar-refractivity contribution is 5.08. The molecule has 3 aliphatic rings. The van der Waals surface area contributed by atoms with Crippen LogP contribution in [0.2, 0.25) is 0 Å². The molecule has 0 bridgehead atoms. The van der Waals surface area contributed by atoms with Gasteiger partial charge in [-0.1, -0.05) is 81.6 Å². The van der Waals surface area contributed by atoms with Crippen molar-refractivity contribution in [3.05, 3.63) is 0 Å². The van der Waals surface area contributed by atoms with E-state index in [1.54, 1.807) is 14.2 Å².